The van der Waals surface area contributed by atoms with Gasteiger partial charge in [-0.05, 0) is 37.5 Å². The summed E-state index contributed by atoms with van der Waals surface area (Å²) in [4.78, 5) is 13.6. The second-order valence-corrected chi connectivity index (χ2v) is 4.01. The van der Waals surface area contributed by atoms with Crippen LogP contribution in [0.1, 0.15) is 29.6 Å². The molecule has 1 aromatic carbocycles. The van der Waals surface area contributed by atoms with Crippen LogP contribution in [-0.4, -0.2) is 23.9 Å². The number of benzene rings is 1. The SMILES string of the molecule is CN(C(=O)c1cccc(F)c1)C1CCC1. The van der Waals surface area contributed by atoms with Crippen LogP contribution in [0.25, 0.3) is 0 Å². The van der Waals surface area contributed by atoms with Crippen molar-refractivity contribution in [2.45, 2.75) is 25.3 Å². The van der Waals surface area contributed by atoms with Crippen molar-refractivity contribution in [2.24, 2.45) is 0 Å². The lowest BCUT2D eigenvalue weighted by Crippen LogP contribution is -2.41. The number of halogens is 1. The Hall–Kier alpha value is -1.38. The summed E-state index contributed by atoms with van der Waals surface area (Å²) in [6, 6.07) is 6.20. The molecular formula is C12H14FNO. The zero-order valence-electron chi connectivity index (χ0n) is 8.74. The van der Waals surface area contributed by atoms with E-state index in [0.717, 1.165) is 12.8 Å². The van der Waals surface area contributed by atoms with Gasteiger partial charge in [-0.15, -0.1) is 0 Å². The van der Waals surface area contributed by atoms with E-state index < -0.39 is 0 Å². The molecule has 1 amide bonds. The van der Waals surface area contributed by atoms with Gasteiger partial charge in [-0.1, -0.05) is 6.07 Å². The van der Waals surface area contributed by atoms with Crippen LogP contribution in [0, 0.1) is 5.82 Å². The maximum absolute atomic E-state index is 12.9. The Bertz CT molecular complexity index is 374. The molecule has 1 fully saturated rings. The third-order valence-corrected chi connectivity index (χ3v) is 3.01. The van der Waals surface area contributed by atoms with Crippen molar-refractivity contribution < 1.29 is 9.18 Å². The molecule has 0 spiro atoms. The van der Waals surface area contributed by atoms with E-state index in [0.29, 0.717) is 11.6 Å². The van der Waals surface area contributed by atoms with E-state index in [1.165, 1.54) is 18.6 Å². The highest BCUT2D eigenvalue weighted by Gasteiger charge is 2.26. The Morgan fingerprint density at radius 1 is 1.47 bits per heavy atom. The minimum atomic E-state index is -0.358. The average Bonchev–Trinajstić information content (AvgIpc) is 2.14. The van der Waals surface area contributed by atoms with E-state index in [1.54, 1.807) is 24.1 Å². The van der Waals surface area contributed by atoms with Crippen molar-refractivity contribution in [1.29, 1.82) is 0 Å². The molecule has 0 aromatic heterocycles. The number of carbonyl (C=O) groups excluding carboxylic acids is 1. The molecule has 0 atom stereocenters. The Labute approximate surface area is 88.7 Å². The highest BCUT2D eigenvalue weighted by Crippen LogP contribution is 2.24. The van der Waals surface area contributed by atoms with Gasteiger partial charge < -0.3 is 4.90 Å². The van der Waals surface area contributed by atoms with E-state index in [9.17, 15) is 9.18 Å². The molecule has 1 aliphatic carbocycles. The topological polar surface area (TPSA) is 20.3 Å². The van der Waals surface area contributed by atoms with E-state index in [2.05, 4.69) is 0 Å². The van der Waals surface area contributed by atoms with Crippen LogP contribution in [0.2, 0.25) is 0 Å². The van der Waals surface area contributed by atoms with Gasteiger partial charge in [0, 0.05) is 18.7 Å². The molecule has 0 unspecified atom stereocenters. The van der Waals surface area contributed by atoms with Crippen molar-refractivity contribution in [3.8, 4) is 0 Å². The monoisotopic (exact) mass is 207 g/mol. The number of carbonyl (C=O) groups is 1. The van der Waals surface area contributed by atoms with Gasteiger partial charge in [-0.25, -0.2) is 4.39 Å². The third-order valence-electron chi connectivity index (χ3n) is 3.01. The fourth-order valence-electron chi connectivity index (χ4n) is 1.76. The van der Waals surface area contributed by atoms with Gasteiger partial charge in [0.25, 0.3) is 5.91 Å². The normalized spacial score (nSPS) is 15.9. The van der Waals surface area contributed by atoms with Crippen LogP contribution in [0.15, 0.2) is 24.3 Å². The fraction of sp³-hybridized carbons (Fsp3) is 0.417. The molecule has 0 bridgehead atoms. The van der Waals surface area contributed by atoms with E-state index >= 15 is 0 Å². The first-order valence-electron chi connectivity index (χ1n) is 5.21. The van der Waals surface area contributed by atoms with Crippen LogP contribution in [0.4, 0.5) is 4.39 Å². The van der Waals surface area contributed by atoms with Crippen molar-refractivity contribution in [3.63, 3.8) is 0 Å². The van der Waals surface area contributed by atoms with Gasteiger partial charge in [0.05, 0.1) is 0 Å². The molecule has 80 valence electrons. The molecule has 15 heavy (non-hydrogen) atoms. The average molecular weight is 207 g/mol. The highest BCUT2D eigenvalue weighted by atomic mass is 19.1. The molecule has 3 heteroatoms. The second-order valence-electron chi connectivity index (χ2n) is 4.01. The predicted octanol–water partition coefficient (Wildman–Crippen LogP) is 2.45. The lowest BCUT2D eigenvalue weighted by Gasteiger charge is -2.34. The smallest absolute Gasteiger partial charge is 0.253 e. The third kappa shape index (κ3) is 2.01. The van der Waals surface area contributed by atoms with E-state index in [1.807, 2.05) is 0 Å². The number of rotatable bonds is 2. The molecule has 0 saturated heterocycles. The summed E-state index contributed by atoms with van der Waals surface area (Å²) in [5.41, 5.74) is 0.435. The summed E-state index contributed by atoms with van der Waals surface area (Å²) < 4.78 is 12.9. The van der Waals surface area contributed by atoms with E-state index in [-0.39, 0.29) is 11.7 Å². The van der Waals surface area contributed by atoms with Gasteiger partial charge >= 0.3 is 0 Å². The Morgan fingerprint density at radius 2 is 2.20 bits per heavy atom. The number of amides is 1. The molecule has 0 N–H and O–H groups in total. The largest absolute Gasteiger partial charge is 0.339 e. The van der Waals surface area contributed by atoms with Crippen molar-refractivity contribution in [3.05, 3.63) is 35.6 Å². The van der Waals surface area contributed by atoms with Crippen LogP contribution in [0.3, 0.4) is 0 Å². The maximum Gasteiger partial charge on any atom is 0.253 e. The van der Waals surface area contributed by atoms with Gasteiger partial charge in [0.15, 0.2) is 0 Å². The summed E-state index contributed by atoms with van der Waals surface area (Å²) in [5, 5.41) is 0. The lowest BCUT2D eigenvalue weighted by molar-refractivity contribution is 0.0651. The lowest BCUT2D eigenvalue weighted by atomic mass is 9.91. The minimum Gasteiger partial charge on any atom is -0.339 e. The standard InChI is InChI=1S/C12H14FNO/c1-14(11-6-3-7-11)12(15)9-4-2-5-10(13)8-9/h2,4-5,8,11H,3,6-7H2,1H3. The first-order chi connectivity index (χ1) is 7.18. The van der Waals surface area contributed by atoms with Gasteiger partial charge in [-0.3, -0.25) is 4.79 Å². The quantitative estimate of drug-likeness (QED) is 0.729. The number of nitrogens with zero attached hydrogens (tertiary/aromatic N) is 1. The van der Waals surface area contributed by atoms with Crippen LogP contribution >= 0.6 is 0 Å². The molecule has 1 aliphatic rings. The maximum atomic E-state index is 12.9. The molecule has 1 saturated carbocycles. The van der Waals surface area contributed by atoms with Crippen LogP contribution in [0.5, 0.6) is 0 Å². The van der Waals surface area contributed by atoms with Crippen molar-refractivity contribution in [1.82, 2.24) is 4.90 Å². The van der Waals surface area contributed by atoms with Gasteiger partial charge in [0.2, 0.25) is 0 Å². The fourth-order valence-corrected chi connectivity index (χ4v) is 1.76. The molecule has 0 aliphatic heterocycles. The number of hydrogen-bond donors (Lipinski definition) is 0. The van der Waals surface area contributed by atoms with Gasteiger partial charge in [0.1, 0.15) is 5.82 Å². The second kappa shape index (κ2) is 4.01. The van der Waals surface area contributed by atoms with Gasteiger partial charge in [-0.2, -0.15) is 0 Å². The first-order valence-corrected chi connectivity index (χ1v) is 5.21. The van der Waals surface area contributed by atoms with Crippen LogP contribution < -0.4 is 0 Å². The summed E-state index contributed by atoms with van der Waals surface area (Å²) in [6.45, 7) is 0. The van der Waals surface area contributed by atoms with Crippen molar-refractivity contribution >= 4 is 5.91 Å². The minimum absolute atomic E-state index is 0.0841. The predicted molar refractivity (Wildman–Crippen MR) is 56.1 cm³/mol. The summed E-state index contributed by atoms with van der Waals surface area (Å²) >= 11 is 0. The molecule has 0 heterocycles. The Kier molecular flexibility index (Phi) is 2.71. The molecule has 0 radical (unpaired) electrons. The molecule has 1 aromatic rings. The summed E-state index contributed by atoms with van der Waals surface area (Å²) in [6.07, 6.45) is 3.32. The van der Waals surface area contributed by atoms with Crippen molar-refractivity contribution in [2.75, 3.05) is 7.05 Å². The summed E-state index contributed by atoms with van der Waals surface area (Å²) in [7, 11) is 1.79. The highest BCUT2D eigenvalue weighted by molar-refractivity contribution is 5.94. The Balaban J connectivity index is 2.12. The number of hydrogen-bond acceptors (Lipinski definition) is 1. The van der Waals surface area contributed by atoms with Crippen LogP contribution in [-0.2, 0) is 0 Å². The molecular weight excluding hydrogens is 193 g/mol. The first kappa shape index (κ1) is 10.1. The Morgan fingerprint density at radius 3 is 2.73 bits per heavy atom. The zero-order valence-corrected chi connectivity index (χ0v) is 8.74. The van der Waals surface area contributed by atoms with E-state index in [4.69, 9.17) is 0 Å². The molecule has 2 rings (SSSR count). The zero-order chi connectivity index (χ0) is 10.8. The molecule has 2 nitrogen and oxygen atoms in total. The summed E-state index contributed by atoms with van der Waals surface area (Å²) in [5.74, 6) is -0.443.